The topological polar surface area (TPSA) is 83.7 Å². The summed E-state index contributed by atoms with van der Waals surface area (Å²) < 4.78 is 10.6. The first kappa shape index (κ1) is 14.9. The van der Waals surface area contributed by atoms with E-state index in [-0.39, 0.29) is 12.6 Å². The van der Waals surface area contributed by atoms with Gasteiger partial charge in [0.25, 0.3) is 0 Å². The minimum absolute atomic E-state index is 0.0228. The van der Waals surface area contributed by atoms with Crippen LogP contribution in [0.4, 0.5) is 6.01 Å². The zero-order valence-corrected chi connectivity index (χ0v) is 11.2. The molecule has 7 nitrogen and oxygen atoms in total. The van der Waals surface area contributed by atoms with Crippen molar-refractivity contribution in [3.8, 4) is 0 Å². The van der Waals surface area contributed by atoms with Crippen molar-refractivity contribution in [2.24, 2.45) is 0 Å². The molecule has 0 aromatic carbocycles. The summed E-state index contributed by atoms with van der Waals surface area (Å²) in [4.78, 5) is 1.80. The molecular weight excluding hydrogens is 236 g/mol. The molecule has 0 bridgehead atoms. The fraction of sp³-hybridized carbons (Fsp3) is 0.818. The molecule has 0 aliphatic carbocycles. The Kier molecular flexibility index (Phi) is 6.63. The summed E-state index contributed by atoms with van der Waals surface area (Å²) in [7, 11) is 1.63. The van der Waals surface area contributed by atoms with Crippen molar-refractivity contribution >= 4 is 6.01 Å². The zero-order chi connectivity index (χ0) is 13.4. The molecule has 0 saturated carbocycles. The molecule has 104 valence electrons. The first-order chi connectivity index (χ1) is 8.72. The SMILES string of the molecule is CCNC(C)c1nnc(N(CCO)CCOC)o1. The molecule has 0 aliphatic rings. The first-order valence-electron chi connectivity index (χ1n) is 6.14. The van der Waals surface area contributed by atoms with Gasteiger partial charge in [0.1, 0.15) is 0 Å². The van der Waals surface area contributed by atoms with Gasteiger partial charge < -0.3 is 24.5 Å². The van der Waals surface area contributed by atoms with E-state index >= 15 is 0 Å². The van der Waals surface area contributed by atoms with Crippen molar-refractivity contribution < 1.29 is 14.3 Å². The molecular formula is C11H22N4O3. The molecule has 1 heterocycles. The Hall–Kier alpha value is -1.18. The Labute approximate surface area is 107 Å². The van der Waals surface area contributed by atoms with E-state index in [2.05, 4.69) is 15.5 Å². The third kappa shape index (κ3) is 4.25. The van der Waals surface area contributed by atoms with Crippen LogP contribution < -0.4 is 10.2 Å². The number of ether oxygens (including phenoxy) is 1. The third-order valence-electron chi connectivity index (χ3n) is 2.52. The summed E-state index contributed by atoms with van der Waals surface area (Å²) in [6.45, 7) is 6.44. The smallest absolute Gasteiger partial charge is 0.318 e. The highest BCUT2D eigenvalue weighted by molar-refractivity contribution is 5.24. The van der Waals surface area contributed by atoms with Crippen LogP contribution in [0.2, 0.25) is 0 Å². The van der Waals surface area contributed by atoms with Crippen molar-refractivity contribution in [3.63, 3.8) is 0 Å². The summed E-state index contributed by atoms with van der Waals surface area (Å²) in [5, 5.41) is 20.2. The Balaban J connectivity index is 2.67. The molecule has 0 radical (unpaired) electrons. The van der Waals surface area contributed by atoms with Crippen LogP contribution in [-0.2, 0) is 4.74 Å². The van der Waals surface area contributed by atoms with Crippen molar-refractivity contribution in [2.45, 2.75) is 19.9 Å². The van der Waals surface area contributed by atoms with Crippen LogP contribution in [0.15, 0.2) is 4.42 Å². The molecule has 0 fully saturated rings. The number of aliphatic hydroxyl groups is 1. The lowest BCUT2D eigenvalue weighted by Crippen LogP contribution is -2.30. The number of nitrogens with one attached hydrogen (secondary N) is 1. The number of rotatable bonds is 9. The average Bonchev–Trinajstić information content (AvgIpc) is 2.84. The normalized spacial score (nSPS) is 12.7. The number of hydrogen-bond donors (Lipinski definition) is 2. The molecule has 1 aromatic heterocycles. The highest BCUT2D eigenvalue weighted by Crippen LogP contribution is 2.16. The van der Waals surface area contributed by atoms with Crippen molar-refractivity contribution in [2.75, 3.05) is 44.9 Å². The van der Waals surface area contributed by atoms with Crippen molar-refractivity contribution in [1.82, 2.24) is 15.5 Å². The summed E-state index contributed by atoms with van der Waals surface area (Å²) in [5.74, 6) is 0.548. The van der Waals surface area contributed by atoms with E-state index in [9.17, 15) is 0 Å². The van der Waals surface area contributed by atoms with Gasteiger partial charge in [0.2, 0.25) is 5.89 Å². The van der Waals surface area contributed by atoms with Crippen molar-refractivity contribution in [1.29, 1.82) is 0 Å². The van der Waals surface area contributed by atoms with Gasteiger partial charge in [-0.3, -0.25) is 0 Å². The maximum absolute atomic E-state index is 9.01. The molecule has 0 aliphatic heterocycles. The van der Waals surface area contributed by atoms with Gasteiger partial charge in [0.15, 0.2) is 0 Å². The van der Waals surface area contributed by atoms with Gasteiger partial charge in [0, 0.05) is 20.2 Å². The van der Waals surface area contributed by atoms with E-state index in [1.807, 2.05) is 13.8 Å². The molecule has 1 unspecified atom stereocenters. The Morgan fingerprint density at radius 3 is 2.83 bits per heavy atom. The van der Waals surface area contributed by atoms with Crippen LogP contribution in [0.3, 0.4) is 0 Å². The quantitative estimate of drug-likeness (QED) is 0.654. The summed E-state index contributed by atoms with van der Waals surface area (Å²) in [6.07, 6.45) is 0. The Morgan fingerprint density at radius 2 is 2.22 bits per heavy atom. The van der Waals surface area contributed by atoms with E-state index in [0.29, 0.717) is 31.6 Å². The monoisotopic (exact) mass is 258 g/mol. The van der Waals surface area contributed by atoms with Gasteiger partial charge in [-0.25, -0.2) is 0 Å². The fourth-order valence-corrected chi connectivity index (χ4v) is 1.55. The molecule has 0 amide bonds. The predicted molar refractivity (Wildman–Crippen MR) is 67.6 cm³/mol. The number of aliphatic hydroxyl groups excluding tert-OH is 1. The predicted octanol–water partition coefficient (Wildman–Crippen LogP) is 0.185. The highest BCUT2D eigenvalue weighted by Gasteiger charge is 2.17. The first-order valence-corrected chi connectivity index (χ1v) is 6.14. The number of methoxy groups -OCH3 is 1. The summed E-state index contributed by atoms with van der Waals surface area (Å²) >= 11 is 0. The van der Waals surface area contributed by atoms with Crippen LogP contribution >= 0.6 is 0 Å². The van der Waals surface area contributed by atoms with Gasteiger partial charge in [-0.2, -0.15) is 0 Å². The molecule has 1 rings (SSSR count). The van der Waals surface area contributed by atoms with E-state index in [0.717, 1.165) is 6.54 Å². The Morgan fingerprint density at radius 1 is 1.44 bits per heavy atom. The Bertz CT molecular complexity index is 332. The van der Waals surface area contributed by atoms with E-state index in [1.165, 1.54) is 0 Å². The minimum Gasteiger partial charge on any atom is -0.406 e. The lowest BCUT2D eigenvalue weighted by Gasteiger charge is -2.18. The van der Waals surface area contributed by atoms with Crippen LogP contribution in [0.25, 0.3) is 0 Å². The minimum atomic E-state index is 0.0228. The molecule has 0 saturated heterocycles. The molecule has 0 spiro atoms. The third-order valence-corrected chi connectivity index (χ3v) is 2.52. The van der Waals surface area contributed by atoms with E-state index in [1.54, 1.807) is 12.0 Å². The van der Waals surface area contributed by atoms with Gasteiger partial charge >= 0.3 is 6.01 Å². The van der Waals surface area contributed by atoms with Crippen LogP contribution in [0.1, 0.15) is 25.8 Å². The number of anilines is 1. The van der Waals surface area contributed by atoms with Crippen LogP contribution in [0, 0.1) is 0 Å². The zero-order valence-electron chi connectivity index (χ0n) is 11.2. The summed E-state index contributed by atoms with van der Waals surface area (Å²) in [6, 6.07) is 0.440. The highest BCUT2D eigenvalue weighted by atomic mass is 16.5. The average molecular weight is 258 g/mol. The second-order valence-corrected chi connectivity index (χ2v) is 3.91. The molecule has 18 heavy (non-hydrogen) atoms. The lowest BCUT2D eigenvalue weighted by atomic mass is 10.3. The van der Waals surface area contributed by atoms with Gasteiger partial charge in [-0.15, -0.1) is 5.10 Å². The van der Waals surface area contributed by atoms with Gasteiger partial charge in [-0.1, -0.05) is 12.0 Å². The maximum Gasteiger partial charge on any atom is 0.318 e. The maximum atomic E-state index is 9.01. The largest absolute Gasteiger partial charge is 0.406 e. The van der Waals surface area contributed by atoms with E-state index < -0.39 is 0 Å². The molecule has 2 N–H and O–H groups in total. The second kappa shape index (κ2) is 8.02. The standard InChI is InChI=1S/C11H22N4O3/c1-4-12-9(2)10-13-14-11(18-10)15(5-7-16)6-8-17-3/h9,12,16H,4-8H2,1-3H3. The van der Waals surface area contributed by atoms with Gasteiger partial charge in [0.05, 0.1) is 19.3 Å². The second-order valence-electron chi connectivity index (χ2n) is 3.91. The molecule has 1 aromatic rings. The number of nitrogens with zero attached hydrogens (tertiary/aromatic N) is 3. The lowest BCUT2D eigenvalue weighted by molar-refractivity contribution is 0.201. The van der Waals surface area contributed by atoms with Crippen LogP contribution in [0.5, 0.6) is 0 Å². The van der Waals surface area contributed by atoms with E-state index in [4.69, 9.17) is 14.3 Å². The molecule has 7 heteroatoms. The van der Waals surface area contributed by atoms with Crippen LogP contribution in [-0.4, -0.2) is 55.3 Å². The summed E-state index contributed by atoms with van der Waals surface area (Å²) in [5.41, 5.74) is 0. The molecule has 1 atom stereocenters. The fourth-order valence-electron chi connectivity index (χ4n) is 1.55. The van der Waals surface area contributed by atoms with Crippen molar-refractivity contribution in [3.05, 3.63) is 5.89 Å². The number of aromatic nitrogens is 2. The van der Waals surface area contributed by atoms with Gasteiger partial charge in [-0.05, 0) is 13.5 Å². The number of hydrogen-bond acceptors (Lipinski definition) is 7.